The summed E-state index contributed by atoms with van der Waals surface area (Å²) in [4.78, 5) is 39.9. The molecule has 13 heteroatoms. The van der Waals surface area contributed by atoms with E-state index in [1.165, 1.54) is 19.1 Å². The highest BCUT2D eigenvalue weighted by Crippen LogP contribution is 2.52. The molecule has 1 heterocycles. The molecule has 46 heavy (non-hydrogen) atoms. The fourth-order valence-corrected chi connectivity index (χ4v) is 6.43. The maximum Gasteiger partial charge on any atom is 0.411 e. The van der Waals surface area contributed by atoms with Crippen LogP contribution in [0.15, 0.2) is 54.6 Å². The van der Waals surface area contributed by atoms with Gasteiger partial charge >= 0.3 is 6.09 Å². The number of hydrogen-bond donors (Lipinski definition) is 6. The lowest BCUT2D eigenvalue weighted by molar-refractivity contribution is -0.250. The Hall–Kier alpha value is -4.04. The molecular weight excluding hydrogens is 620 g/mol. The van der Waals surface area contributed by atoms with Crippen LogP contribution >= 0.6 is 12.4 Å². The second-order valence-electron chi connectivity index (χ2n) is 11.9. The number of ketones is 2. The van der Waals surface area contributed by atoms with Crippen LogP contribution in [0.4, 0.5) is 10.5 Å². The molecule has 7 atom stereocenters. The van der Waals surface area contributed by atoms with Gasteiger partial charge in [-0.05, 0) is 26.0 Å². The van der Waals surface area contributed by atoms with Crippen molar-refractivity contribution >= 4 is 35.8 Å². The number of ether oxygens (including phenoxy) is 3. The van der Waals surface area contributed by atoms with Gasteiger partial charge in [-0.3, -0.25) is 14.9 Å². The summed E-state index contributed by atoms with van der Waals surface area (Å²) < 4.78 is 17.6. The summed E-state index contributed by atoms with van der Waals surface area (Å²) in [5.41, 5.74) is 4.02. The number of anilines is 1. The molecule has 7 N–H and O–H groups in total. The number of nitrogens with two attached hydrogens (primary N) is 1. The van der Waals surface area contributed by atoms with Crippen molar-refractivity contribution in [3.8, 4) is 11.5 Å². The van der Waals surface area contributed by atoms with E-state index in [0.29, 0.717) is 5.69 Å². The van der Waals surface area contributed by atoms with E-state index in [1.54, 1.807) is 49.4 Å². The topological polar surface area (TPSA) is 198 Å². The SMILES string of the molecule is CC(OC(=O)Nc1ccccc1)[C@]1(O)Cc2c(O)c3c(c(O)c2[C@@H](O[C@H]2C[C@H](N)[C@@H](O)[C@H](C)O2)C1)C(=O)c1ccccc1C3=O.Cl. The van der Waals surface area contributed by atoms with Gasteiger partial charge in [0.05, 0.1) is 29.4 Å². The van der Waals surface area contributed by atoms with Crippen LogP contribution in [0.25, 0.3) is 0 Å². The van der Waals surface area contributed by atoms with Gasteiger partial charge in [0.25, 0.3) is 0 Å². The van der Waals surface area contributed by atoms with Gasteiger partial charge < -0.3 is 40.4 Å². The van der Waals surface area contributed by atoms with Crippen LogP contribution in [0.5, 0.6) is 11.5 Å². The third kappa shape index (κ3) is 5.72. The number of aromatic hydroxyl groups is 2. The largest absolute Gasteiger partial charge is 0.507 e. The number of fused-ring (bicyclic) bond motifs is 3. The zero-order valence-corrected chi connectivity index (χ0v) is 25.8. The van der Waals surface area contributed by atoms with Gasteiger partial charge in [-0.15, -0.1) is 12.4 Å². The molecule has 3 aromatic rings. The summed E-state index contributed by atoms with van der Waals surface area (Å²) in [6.07, 6.45) is -6.49. The highest BCUT2D eigenvalue weighted by Gasteiger charge is 2.50. The van der Waals surface area contributed by atoms with E-state index in [4.69, 9.17) is 19.9 Å². The third-order valence-electron chi connectivity index (χ3n) is 8.93. The molecule has 0 spiro atoms. The average Bonchev–Trinajstić information content (AvgIpc) is 3.00. The number of phenols is 2. The predicted octanol–water partition coefficient (Wildman–Crippen LogP) is 3.49. The normalized spacial score (nSPS) is 27.4. The molecule has 6 rings (SSSR count). The van der Waals surface area contributed by atoms with Crippen LogP contribution in [0.3, 0.4) is 0 Å². The summed E-state index contributed by atoms with van der Waals surface area (Å²) in [6.45, 7) is 3.09. The van der Waals surface area contributed by atoms with Gasteiger partial charge in [0.15, 0.2) is 17.9 Å². The Morgan fingerprint density at radius 3 is 2.22 bits per heavy atom. The molecule has 1 aliphatic heterocycles. The van der Waals surface area contributed by atoms with E-state index in [1.807, 2.05) is 0 Å². The van der Waals surface area contributed by atoms with Gasteiger partial charge in [0.1, 0.15) is 23.2 Å². The van der Waals surface area contributed by atoms with Crippen molar-refractivity contribution in [2.75, 3.05) is 5.32 Å². The van der Waals surface area contributed by atoms with E-state index in [2.05, 4.69) is 5.32 Å². The number of halogens is 1. The Bertz CT molecular complexity index is 1670. The molecule has 0 bridgehead atoms. The lowest BCUT2D eigenvalue weighted by atomic mass is 9.71. The van der Waals surface area contributed by atoms with E-state index >= 15 is 0 Å². The summed E-state index contributed by atoms with van der Waals surface area (Å²) >= 11 is 0. The number of carbonyl (C=O) groups excluding carboxylic acids is 3. The molecule has 0 aromatic heterocycles. The van der Waals surface area contributed by atoms with Crippen LogP contribution in [-0.2, 0) is 20.6 Å². The molecule has 1 amide bonds. The zero-order chi connectivity index (χ0) is 32.2. The van der Waals surface area contributed by atoms with Gasteiger partial charge in [0.2, 0.25) is 0 Å². The molecule has 1 fully saturated rings. The van der Waals surface area contributed by atoms with Crippen LogP contribution < -0.4 is 11.1 Å². The number of nitrogens with one attached hydrogen (secondary N) is 1. The van der Waals surface area contributed by atoms with Crippen molar-refractivity contribution in [2.24, 2.45) is 5.73 Å². The Labute approximate surface area is 270 Å². The number of aliphatic hydroxyl groups is 2. The van der Waals surface area contributed by atoms with Crippen LogP contribution in [-0.4, -0.2) is 74.3 Å². The molecule has 0 saturated carbocycles. The number of para-hydroxylation sites is 1. The summed E-state index contributed by atoms with van der Waals surface area (Å²) in [7, 11) is 0. The number of rotatable bonds is 5. The Morgan fingerprint density at radius 1 is 1.02 bits per heavy atom. The number of aliphatic hydroxyl groups excluding tert-OH is 1. The van der Waals surface area contributed by atoms with Crippen molar-refractivity contribution in [2.45, 2.75) is 75.5 Å². The Morgan fingerprint density at radius 2 is 1.61 bits per heavy atom. The fourth-order valence-electron chi connectivity index (χ4n) is 6.43. The smallest absolute Gasteiger partial charge is 0.411 e. The standard InChI is InChI=1S/C33H34N2O10.ClH/c1-15-27(36)21(34)12-23(43-15)45-22-14-33(42,16(2)44-32(41)35-17-8-4-3-5-9-17)13-20-24(22)31(40)26-25(30(20)39)28(37)18-10-6-7-11-19(18)29(26)38;/h3-11,15-16,21-23,27,36,39-40,42H,12-14,34H2,1-2H3,(H,35,41);1H/t15-,16?,21-,22-,23-,27-,33-;/m0./s1. The molecule has 1 saturated heterocycles. The van der Waals surface area contributed by atoms with Crippen molar-refractivity contribution in [1.29, 1.82) is 0 Å². The first-order chi connectivity index (χ1) is 21.4. The zero-order valence-electron chi connectivity index (χ0n) is 25.0. The molecule has 2 aliphatic carbocycles. The molecule has 12 nitrogen and oxygen atoms in total. The Balaban J connectivity index is 0.00000417. The van der Waals surface area contributed by atoms with Gasteiger partial charge in [0, 0.05) is 53.2 Å². The second kappa shape index (κ2) is 12.6. The number of benzene rings is 3. The monoisotopic (exact) mass is 654 g/mol. The quantitative estimate of drug-likeness (QED) is 0.172. The number of phenolic OH excluding ortho intramolecular Hbond substituents is 2. The first kappa shape index (κ1) is 33.3. The van der Waals surface area contributed by atoms with Crippen LogP contribution in [0.2, 0.25) is 0 Å². The third-order valence-corrected chi connectivity index (χ3v) is 8.93. The molecule has 244 valence electrons. The number of amides is 1. The van der Waals surface area contributed by atoms with E-state index < -0.39 is 71.5 Å². The van der Waals surface area contributed by atoms with Crippen molar-refractivity contribution < 1.29 is 49.0 Å². The van der Waals surface area contributed by atoms with Gasteiger partial charge in [-0.25, -0.2) is 4.79 Å². The molecular formula is C33H35ClN2O10. The Kier molecular flexibility index (Phi) is 9.15. The van der Waals surface area contributed by atoms with E-state index in [-0.39, 0.29) is 65.1 Å². The van der Waals surface area contributed by atoms with Crippen LogP contribution in [0.1, 0.15) is 75.8 Å². The highest BCUT2D eigenvalue weighted by molar-refractivity contribution is 6.30. The summed E-state index contributed by atoms with van der Waals surface area (Å²) in [6, 6.07) is 13.9. The second-order valence-corrected chi connectivity index (χ2v) is 11.9. The minimum Gasteiger partial charge on any atom is -0.507 e. The summed E-state index contributed by atoms with van der Waals surface area (Å²) in [5.74, 6) is -2.49. The molecule has 3 aliphatic rings. The average molecular weight is 655 g/mol. The molecule has 3 aromatic carbocycles. The molecule has 0 radical (unpaired) electrons. The maximum atomic E-state index is 13.6. The van der Waals surface area contributed by atoms with Crippen molar-refractivity contribution in [3.05, 3.63) is 88.0 Å². The van der Waals surface area contributed by atoms with Crippen molar-refractivity contribution in [1.82, 2.24) is 0 Å². The van der Waals surface area contributed by atoms with Crippen molar-refractivity contribution in [3.63, 3.8) is 0 Å². The lowest BCUT2D eigenvalue weighted by Gasteiger charge is -2.44. The summed E-state index contributed by atoms with van der Waals surface area (Å²) in [5, 5.41) is 48.1. The number of carbonyl (C=O) groups is 3. The first-order valence-electron chi connectivity index (χ1n) is 14.7. The minimum atomic E-state index is -1.88. The maximum absolute atomic E-state index is 13.6. The molecule has 1 unspecified atom stereocenters. The number of hydrogen-bond acceptors (Lipinski definition) is 11. The van der Waals surface area contributed by atoms with E-state index in [9.17, 15) is 34.8 Å². The van der Waals surface area contributed by atoms with E-state index in [0.717, 1.165) is 0 Å². The minimum absolute atomic E-state index is 0. The van der Waals surface area contributed by atoms with Crippen LogP contribution in [0, 0.1) is 0 Å². The lowest BCUT2D eigenvalue weighted by Crippen LogP contribution is -2.53. The first-order valence-corrected chi connectivity index (χ1v) is 14.7. The fraction of sp³-hybridized carbons (Fsp3) is 0.364. The van der Waals surface area contributed by atoms with Gasteiger partial charge in [-0.1, -0.05) is 42.5 Å². The van der Waals surface area contributed by atoms with Gasteiger partial charge in [-0.2, -0.15) is 0 Å². The highest BCUT2D eigenvalue weighted by atomic mass is 35.5. The predicted molar refractivity (Wildman–Crippen MR) is 166 cm³/mol.